The molecule has 0 spiro atoms. The average Bonchev–Trinajstić information content (AvgIpc) is 4.26. The van der Waals surface area contributed by atoms with Gasteiger partial charge in [0, 0.05) is 47.0 Å². The molecule has 0 amide bonds. The zero-order valence-corrected chi connectivity index (χ0v) is 48.7. The van der Waals surface area contributed by atoms with Gasteiger partial charge >= 0.3 is 0 Å². The molecule has 0 fully saturated rings. The zero-order chi connectivity index (χ0) is 50.2. The Hall–Kier alpha value is -3.56. The third kappa shape index (κ3) is 10.4. The Bertz CT molecular complexity index is 2930. The molecule has 72 heavy (non-hydrogen) atoms. The van der Waals surface area contributed by atoms with Crippen LogP contribution in [0.5, 0.6) is 0 Å². The van der Waals surface area contributed by atoms with Crippen molar-refractivity contribution in [3.8, 4) is 32.7 Å². The first-order valence-corrected chi connectivity index (χ1v) is 32.0. The van der Waals surface area contributed by atoms with Crippen LogP contribution in [0, 0.1) is 13.8 Å². The van der Waals surface area contributed by atoms with Crippen LogP contribution in [0.1, 0.15) is 249 Å². The fraction of sp³-hybridized carbons (Fsp3) is 0.562. The highest BCUT2D eigenvalue weighted by atomic mass is 32.1. The maximum absolute atomic E-state index is 5.41. The molecule has 0 unspecified atom stereocenters. The Morgan fingerprint density at radius 3 is 1.32 bits per heavy atom. The van der Waals surface area contributed by atoms with Crippen molar-refractivity contribution >= 4 is 80.3 Å². The van der Waals surface area contributed by atoms with Crippen molar-refractivity contribution in [1.29, 1.82) is 0 Å². The van der Waals surface area contributed by atoms with E-state index in [1.807, 2.05) is 22.7 Å². The van der Waals surface area contributed by atoms with Gasteiger partial charge in [0.1, 0.15) is 22.1 Å². The molecule has 0 N–H and O–H groups in total. The lowest BCUT2D eigenvalue weighted by molar-refractivity contribution is 0.397. The van der Waals surface area contributed by atoms with Gasteiger partial charge in [0.25, 0.3) is 0 Å². The van der Waals surface area contributed by atoms with Crippen LogP contribution in [0.15, 0.2) is 36.4 Å². The van der Waals surface area contributed by atoms with Gasteiger partial charge in [-0.25, -0.2) is 0 Å². The highest BCUT2D eigenvalue weighted by molar-refractivity contribution is 7.17. The average molecular weight is 1040 g/mol. The van der Waals surface area contributed by atoms with Crippen LogP contribution in [0.3, 0.4) is 0 Å². The molecule has 384 valence electrons. The summed E-state index contributed by atoms with van der Waals surface area (Å²) in [4.78, 5) is 5.59. The van der Waals surface area contributed by atoms with Crippen LogP contribution < -0.4 is 0 Å². The topological polar surface area (TPSA) is 51.6 Å². The van der Waals surface area contributed by atoms with E-state index in [1.165, 1.54) is 240 Å². The molecule has 4 nitrogen and oxygen atoms in total. The summed E-state index contributed by atoms with van der Waals surface area (Å²) in [6.07, 6.45) is 36.9. The molecule has 4 heterocycles. The van der Waals surface area contributed by atoms with Crippen molar-refractivity contribution in [2.24, 2.45) is 0 Å². The summed E-state index contributed by atoms with van der Waals surface area (Å²) in [7, 11) is 0. The maximum atomic E-state index is 5.41. The van der Waals surface area contributed by atoms with E-state index in [2.05, 4.69) is 104 Å². The number of hydrogen-bond acceptors (Lipinski definition) is 8. The van der Waals surface area contributed by atoms with Gasteiger partial charge in [0.15, 0.2) is 0 Å². The highest BCUT2D eigenvalue weighted by Gasteiger charge is 2.50. The lowest BCUT2D eigenvalue weighted by Gasteiger charge is -2.35. The Labute approximate surface area is 450 Å². The number of benzene rings is 3. The number of hydrogen-bond donors (Lipinski definition) is 0. The quantitative estimate of drug-likeness (QED) is 0.0439. The first-order valence-electron chi connectivity index (χ1n) is 28.9. The van der Waals surface area contributed by atoms with Crippen LogP contribution in [0.25, 0.3) is 66.9 Å². The molecule has 2 aliphatic rings. The van der Waals surface area contributed by atoms with Crippen LogP contribution in [-0.2, 0) is 23.7 Å². The lowest BCUT2D eigenvalue weighted by Crippen LogP contribution is -2.27. The second-order valence-electron chi connectivity index (χ2n) is 22.0. The van der Waals surface area contributed by atoms with Crippen molar-refractivity contribution in [2.75, 3.05) is 0 Å². The van der Waals surface area contributed by atoms with E-state index in [-0.39, 0.29) is 10.8 Å². The molecular weight excluding hydrogens is 953 g/mol. The normalized spacial score (nSPS) is 14.3. The first kappa shape index (κ1) is 53.3. The van der Waals surface area contributed by atoms with Gasteiger partial charge in [-0.1, -0.05) is 163 Å². The molecule has 4 aromatic heterocycles. The molecule has 7 aromatic rings. The van der Waals surface area contributed by atoms with Crippen molar-refractivity contribution in [3.05, 3.63) is 90.0 Å². The molecule has 0 radical (unpaired) electrons. The lowest BCUT2D eigenvalue weighted by atomic mass is 9.68. The van der Waals surface area contributed by atoms with Crippen LogP contribution >= 0.6 is 46.1 Å². The number of unbranched alkanes of at least 4 members (excludes halogenated alkanes) is 14. The van der Waals surface area contributed by atoms with E-state index in [1.54, 1.807) is 11.1 Å². The molecule has 8 heteroatoms. The predicted octanol–water partition coefficient (Wildman–Crippen LogP) is 21.4. The summed E-state index contributed by atoms with van der Waals surface area (Å²) in [5.41, 5.74) is 21.7. The Morgan fingerprint density at radius 1 is 0.403 bits per heavy atom. The minimum absolute atomic E-state index is 0.0643. The van der Waals surface area contributed by atoms with Crippen LogP contribution in [-0.4, -0.2) is 17.5 Å². The minimum Gasteiger partial charge on any atom is -0.173 e. The molecule has 0 aliphatic heterocycles. The molecule has 2 aliphatic carbocycles. The van der Waals surface area contributed by atoms with Gasteiger partial charge < -0.3 is 0 Å². The summed E-state index contributed by atoms with van der Waals surface area (Å²) < 4.78 is 20.9. The number of aromatic nitrogens is 4. The van der Waals surface area contributed by atoms with E-state index >= 15 is 0 Å². The predicted molar refractivity (Wildman–Crippen MR) is 319 cm³/mol. The van der Waals surface area contributed by atoms with E-state index in [9.17, 15) is 0 Å². The molecule has 0 saturated heterocycles. The van der Waals surface area contributed by atoms with E-state index in [0.29, 0.717) is 0 Å². The fourth-order valence-electron chi connectivity index (χ4n) is 13.1. The SMILES string of the molecule is CCCCCCC1(CCCCCC)c2cc3c(cc2-c2c1cc(C)c1nsnc21)C(CCCCCC)(CCCCCC)c1cc(-c2cc(CCCC)c(/C=C/c4sc(C)cc4CCCC)s2)c2nsnc2c1-3. The van der Waals surface area contributed by atoms with Gasteiger partial charge in [0.05, 0.1) is 23.5 Å². The van der Waals surface area contributed by atoms with Gasteiger partial charge in [-0.2, -0.15) is 17.5 Å². The van der Waals surface area contributed by atoms with Crippen molar-refractivity contribution in [1.82, 2.24) is 17.5 Å². The maximum Gasteiger partial charge on any atom is 0.114 e. The zero-order valence-electron chi connectivity index (χ0n) is 45.4. The van der Waals surface area contributed by atoms with Gasteiger partial charge in [-0.15, -0.1) is 22.7 Å². The summed E-state index contributed by atoms with van der Waals surface area (Å²) >= 11 is 6.76. The molecule has 9 rings (SSSR count). The third-order valence-corrected chi connectivity index (χ3v) is 20.2. The summed E-state index contributed by atoms with van der Waals surface area (Å²) in [6.45, 7) is 18.6. The summed E-state index contributed by atoms with van der Waals surface area (Å²) in [6, 6.07) is 15.8. The molecule has 3 aromatic carbocycles. The van der Waals surface area contributed by atoms with Gasteiger partial charge in [0.2, 0.25) is 0 Å². The van der Waals surface area contributed by atoms with Gasteiger partial charge in [-0.3, -0.25) is 0 Å². The highest BCUT2D eigenvalue weighted by Crippen LogP contribution is 2.63. The Morgan fingerprint density at radius 2 is 0.819 bits per heavy atom. The van der Waals surface area contributed by atoms with E-state index < -0.39 is 0 Å². The van der Waals surface area contributed by atoms with E-state index in [0.717, 1.165) is 47.8 Å². The van der Waals surface area contributed by atoms with E-state index in [4.69, 9.17) is 17.5 Å². The standard InChI is InChI=1S/C64H84N4S4/c1-9-15-21-25-33-63(34-26-22-16-10-2)50-41-48-51(40-47(50)57-52(63)37-43(7)59-61(57)67-71-65-59)64(35-27-23-17-11-3,36-28-24-18-12-4)53-42-49(60-62(58(48)53)68-72-66-60)56-39-46(30-20-14-6)55(70-56)32-31-54-45(29-19-13-5)38-44(8)69-54/h31-32,37-42H,9-30,33-36H2,1-8H3/b32-31+. The number of nitrogens with zero attached hydrogens (tertiary/aromatic N) is 4. The summed E-state index contributed by atoms with van der Waals surface area (Å²) in [5, 5.41) is 0. The van der Waals surface area contributed by atoms with Crippen LogP contribution in [0.2, 0.25) is 0 Å². The number of rotatable bonds is 29. The fourth-order valence-corrected chi connectivity index (χ4v) is 16.4. The molecule has 0 saturated carbocycles. The Kier molecular flexibility index (Phi) is 18.1. The molecular formula is C64H84N4S4. The van der Waals surface area contributed by atoms with Crippen LogP contribution in [0.4, 0.5) is 0 Å². The second kappa shape index (κ2) is 24.4. The molecule has 0 atom stereocenters. The largest absolute Gasteiger partial charge is 0.173 e. The Balaban J connectivity index is 1.28. The smallest absolute Gasteiger partial charge is 0.114 e. The van der Waals surface area contributed by atoms with Crippen molar-refractivity contribution in [3.63, 3.8) is 0 Å². The molecule has 0 bridgehead atoms. The third-order valence-electron chi connectivity index (χ3n) is 16.9. The minimum atomic E-state index is -0.123. The van der Waals surface area contributed by atoms with Gasteiger partial charge in [-0.05, 0) is 158 Å². The first-order chi connectivity index (χ1) is 35.3. The number of fused-ring (bicyclic) bond motifs is 10. The second-order valence-corrected chi connectivity index (χ2v) is 25.5. The number of aryl methyl sites for hydroxylation is 4. The number of thiophene rings is 2. The van der Waals surface area contributed by atoms with Crippen molar-refractivity contribution < 1.29 is 0 Å². The summed E-state index contributed by atoms with van der Waals surface area (Å²) in [5.74, 6) is 0. The van der Waals surface area contributed by atoms with Crippen molar-refractivity contribution in [2.45, 2.75) is 233 Å². The monoisotopic (exact) mass is 1040 g/mol.